The molecular formula is C12H22N2O2. The Hall–Kier alpha value is -0.900. The number of nitrogens with two attached hydrogens (primary N) is 1. The Kier molecular flexibility index (Phi) is 5.46. The largest absolute Gasteiger partial charge is 0.369 e. The minimum absolute atomic E-state index is 0.270. The lowest BCUT2D eigenvalue weighted by molar-refractivity contribution is -0.122. The molecule has 0 spiro atoms. The van der Waals surface area contributed by atoms with Crippen molar-refractivity contribution < 1.29 is 9.59 Å². The first-order chi connectivity index (χ1) is 7.63. The van der Waals surface area contributed by atoms with E-state index in [0.29, 0.717) is 31.2 Å². The van der Waals surface area contributed by atoms with E-state index in [1.54, 1.807) is 0 Å². The fourth-order valence-electron chi connectivity index (χ4n) is 2.24. The average molecular weight is 226 g/mol. The Labute approximate surface area is 97.2 Å². The van der Waals surface area contributed by atoms with E-state index >= 15 is 0 Å². The van der Waals surface area contributed by atoms with Crippen molar-refractivity contribution in [3.8, 4) is 0 Å². The third-order valence-corrected chi connectivity index (χ3v) is 3.19. The van der Waals surface area contributed by atoms with Crippen LogP contribution in [0, 0.1) is 0 Å². The highest BCUT2D eigenvalue weighted by Gasteiger charge is 2.24. The molecule has 1 fully saturated rings. The van der Waals surface area contributed by atoms with Gasteiger partial charge in [0.05, 0.1) is 6.54 Å². The second-order valence-electron chi connectivity index (χ2n) is 4.56. The van der Waals surface area contributed by atoms with Crippen molar-refractivity contribution in [1.82, 2.24) is 4.90 Å². The van der Waals surface area contributed by atoms with Gasteiger partial charge >= 0.3 is 0 Å². The highest BCUT2D eigenvalue weighted by Crippen LogP contribution is 2.20. The predicted molar refractivity (Wildman–Crippen MR) is 62.9 cm³/mol. The van der Waals surface area contributed by atoms with E-state index in [1.165, 1.54) is 0 Å². The van der Waals surface area contributed by atoms with Crippen LogP contribution in [0.5, 0.6) is 0 Å². The number of unbranched alkanes of at least 4 members (excludes halogenated alkanes) is 1. The Morgan fingerprint density at radius 3 is 2.56 bits per heavy atom. The maximum Gasteiger partial charge on any atom is 0.231 e. The smallest absolute Gasteiger partial charge is 0.231 e. The van der Waals surface area contributed by atoms with E-state index in [2.05, 4.69) is 11.8 Å². The van der Waals surface area contributed by atoms with Gasteiger partial charge in [-0.15, -0.1) is 0 Å². The molecule has 0 radical (unpaired) electrons. The van der Waals surface area contributed by atoms with Crippen molar-refractivity contribution in [2.45, 2.75) is 51.5 Å². The minimum atomic E-state index is -0.270. The fourth-order valence-corrected chi connectivity index (χ4v) is 2.24. The number of carbonyl (C=O) groups excluding carboxylic acids is 2. The summed E-state index contributed by atoms with van der Waals surface area (Å²) >= 11 is 0. The van der Waals surface area contributed by atoms with Crippen LogP contribution in [0.3, 0.4) is 0 Å². The quantitative estimate of drug-likeness (QED) is 0.737. The van der Waals surface area contributed by atoms with Gasteiger partial charge in [0, 0.05) is 18.9 Å². The van der Waals surface area contributed by atoms with Gasteiger partial charge in [0.1, 0.15) is 5.78 Å². The van der Waals surface area contributed by atoms with Crippen LogP contribution >= 0.6 is 0 Å². The zero-order valence-corrected chi connectivity index (χ0v) is 10.1. The van der Waals surface area contributed by atoms with Crippen LogP contribution in [-0.2, 0) is 9.59 Å². The molecule has 0 heterocycles. The van der Waals surface area contributed by atoms with Crippen molar-refractivity contribution in [2.75, 3.05) is 13.1 Å². The molecule has 0 atom stereocenters. The molecule has 1 amide bonds. The maximum atomic E-state index is 11.2. The van der Waals surface area contributed by atoms with Gasteiger partial charge in [-0.3, -0.25) is 14.5 Å². The van der Waals surface area contributed by atoms with Crippen LogP contribution in [-0.4, -0.2) is 35.7 Å². The summed E-state index contributed by atoms with van der Waals surface area (Å²) in [5.74, 6) is 0.0822. The Bertz CT molecular complexity index is 243. The van der Waals surface area contributed by atoms with Crippen LogP contribution in [0.4, 0.5) is 0 Å². The summed E-state index contributed by atoms with van der Waals surface area (Å²) in [5, 5.41) is 0. The van der Waals surface area contributed by atoms with Gasteiger partial charge in [-0.25, -0.2) is 0 Å². The van der Waals surface area contributed by atoms with Gasteiger partial charge in [-0.1, -0.05) is 13.3 Å². The van der Waals surface area contributed by atoms with Crippen LogP contribution in [0.25, 0.3) is 0 Å². The first-order valence-electron chi connectivity index (χ1n) is 6.17. The number of rotatable bonds is 6. The number of amides is 1. The summed E-state index contributed by atoms with van der Waals surface area (Å²) in [6, 6.07) is 0.372. The molecule has 2 N–H and O–H groups in total. The fraction of sp³-hybridized carbons (Fsp3) is 0.833. The zero-order chi connectivity index (χ0) is 12.0. The van der Waals surface area contributed by atoms with Crippen LogP contribution in [0.2, 0.25) is 0 Å². The number of hydrogen-bond donors (Lipinski definition) is 1. The number of carbonyl (C=O) groups is 2. The number of nitrogens with zero attached hydrogens (tertiary/aromatic N) is 1. The highest BCUT2D eigenvalue weighted by molar-refractivity contribution is 5.79. The van der Waals surface area contributed by atoms with Crippen molar-refractivity contribution in [1.29, 1.82) is 0 Å². The van der Waals surface area contributed by atoms with Gasteiger partial charge in [0.2, 0.25) is 5.91 Å². The van der Waals surface area contributed by atoms with Crippen molar-refractivity contribution >= 4 is 11.7 Å². The van der Waals surface area contributed by atoms with Crippen molar-refractivity contribution in [3.05, 3.63) is 0 Å². The standard InChI is InChI=1S/C12H22N2O2/c1-2-3-8-14(9-12(13)16)10-4-6-11(15)7-5-10/h10H,2-9H2,1H3,(H2,13,16). The third-order valence-electron chi connectivity index (χ3n) is 3.19. The second kappa shape index (κ2) is 6.63. The number of hydrogen-bond acceptors (Lipinski definition) is 3. The molecule has 0 aromatic rings. The topological polar surface area (TPSA) is 63.4 Å². The maximum absolute atomic E-state index is 11.2. The van der Waals surface area contributed by atoms with E-state index in [0.717, 1.165) is 32.2 Å². The average Bonchev–Trinajstić information content (AvgIpc) is 2.25. The van der Waals surface area contributed by atoms with Gasteiger partial charge in [-0.2, -0.15) is 0 Å². The molecule has 1 aliphatic rings. The zero-order valence-electron chi connectivity index (χ0n) is 10.1. The molecule has 0 aliphatic heterocycles. The third kappa shape index (κ3) is 4.31. The monoisotopic (exact) mass is 226 g/mol. The molecular weight excluding hydrogens is 204 g/mol. The van der Waals surface area contributed by atoms with Gasteiger partial charge in [-0.05, 0) is 25.8 Å². The van der Waals surface area contributed by atoms with E-state index in [9.17, 15) is 9.59 Å². The molecule has 0 bridgehead atoms. The Morgan fingerprint density at radius 1 is 1.44 bits per heavy atom. The second-order valence-corrected chi connectivity index (χ2v) is 4.56. The minimum Gasteiger partial charge on any atom is -0.369 e. The van der Waals surface area contributed by atoms with Crippen LogP contribution in [0.15, 0.2) is 0 Å². The summed E-state index contributed by atoms with van der Waals surface area (Å²) in [5.41, 5.74) is 5.25. The summed E-state index contributed by atoms with van der Waals surface area (Å²) in [4.78, 5) is 24.3. The molecule has 0 unspecified atom stereocenters. The SMILES string of the molecule is CCCCN(CC(N)=O)C1CCC(=O)CC1. The van der Waals surface area contributed by atoms with Gasteiger partial charge in [0.25, 0.3) is 0 Å². The molecule has 0 aromatic carbocycles. The summed E-state index contributed by atoms with van der Waals surface area (Å²) in [6.45, 7) is 3.38. The molecule has 1 saturated carbocycles. The lowest BCUT2D eigenvalue weighted by Crippen LogP contribution is -2.43. The first kappa shape index (κ1) is 13.2. The van der Waals surface area contributed by atoms with Crippen LogP contribution < -0.4 is 5.73 Å². The molecule has 92 valence electrons. The summed E-state index contributed by atoms with van der Waals surface area (Å²) in [6.07, 6.45) is 5.28. The van der Waals surface area contributed by atoms with Crippen molar-refractivity contribution in [2.24, 2.45) is 5.73 Å². The number of Topliss-reactive ketones (excluding diaryl/α,β-unsaturated/α-hetero) is 1. The normalized spacial score (nSPS) is 18.0. The number of ketones is 1. The number of primary amides is 1. The molecule has 4 heteroatoms. The lowest BCUT2D eigenvalue weighted by Gasteiger charge is -2.32. The molecule has 1 aliphatic carbocycles. The Morgan fingerprint density at radius 2 is 2.06 bits per heavy atom. The molecule has 1 rings (SSSR count). The first-order valence-corrected chi connectivity index (χ1v) is 6.17. The van der Waals surface area contributed by atoms with Gasteiger partial charge in [0.15, 0.2) is 0 Å². The predicted octanol–water partition coefficient (Wildman–Crippen LogP) is 1.09. The molecule has 0 saturated heterocycles. The van der Waals surface area contributed by atoms with Crippen LogP contribution in [0.1, 0.15) is 45.4 Å². The summed E-state index contributed by atoms with van der Waals surface area (Å²) < 4.78 is 0. The lowest BCUT2D eigenvalue weighted by atomic mass is 9.93. The molecule has 4 nitrogen and oxygen atoms in total. The van der Waals surface area contributed by atoms with E-state index in [4.69, 9.17) is 5.73 Å². The van der Waals surface area contributed by atoms with Crippen molar-refractivity contribution in [3.63, 3.8) is 0 Å². The van der Waals surface area contributed by atoms with Gasteiger partial charge < -0.3 is 5.73 Å². The van der Waals surface area contributed by atoms with E-state index in [1.807, 2.05) is 0 Å². The van der Waals surface area contributed by atoms with E-state index < -0.39 is 0 Å². The highest BCUT2D eigenvalue weighted by atomic mass is 16.1. The summed E-state index contributed by atoms with van der Waals surface area (Å²) in [7, 11) is 0. The van der Waals surface area contributed by atoms with E-state index in [-0.39, 0.29) is 5.91 Å². The molecule has 0 aromatic heterocycles. The molecule has 16 heavy (non-hydrogen) atoms. The Balaban J connectivity index is 2.46.